The fourth-order valence-corrected chi connectivity index (χ4v) is 3.05. The third-order valence-electron chi connectivity index (χ3n) is 4.59. The lowest BCUT2D eigenvalue weighted by molar-refractivity contribution is -0.171. The number of piperidine rings is 1. The van der Waals surface area contributed by atoms with Crippen LogP contribution in [0.3, 0.4) is 0 Å². The maximum absolute atomic E-state index is 12.2. The number of carbonyl (C=O) groups is 4. The number of halogens is 3. The van der Waals surface area contributed by atoms with Crippen LogP contribution in [0.4, 0.5) is 13.2 Å². The summed E-state index contributed by atoms with van der Waals surface area (Å²) >= 11 is 0. The zero-order valence-electron chi connectivity index (χ0n) is 15.5. The number of Topliss-reactive ketones (excluding diaryl/α,β-unsaturated/α-hetero) is 2. The Kier molecular flexibility index (Phi) is 9.45. The Hall–Kier alpha value is -1.93. The van der Waals surface area contributed by atoms with Crippen molar-refractivity contribution in [1.29, 1.82) is 0 Å². The molecule has 1 aliphatic rings. The van der Waals surface area contributed by atoms with E-state index in [1.807, 2.05) is 0 Å². The van der Waals surface area contributed by atoms with Crippen molar-refractivity contribution in [2.24, 2.45) is 5.92 Å². The number of hydrogen-bond donors (Lipinski definition) is 2. The van der Waals surface area contributed by atoms with E-state index in [1.165, 1.54) is 6.92 Å². The predicted octanol–water partition coefficient (Wildman–Crippen LogP) is 2.45. The maximum Gasteiger partial charge on any atom is 0.449 e. The monoisotopic (exact) mass is 392 g/mol. The molecule has 1 heterocycles. The van der Waals surface area contributed by atoms with Gasteiger partial charge in [0.25, 0.3) is 0 Å². The standard InChI is InChI=1S/C18H27F3N2O4/c1-12(24)22-10-6-5-8-14-15(25)11-13(17(27)23-14)7-3-2-4-9-16(26)18(19,20)21/h13-14H,2-11H2,1H3,(H,22,24)(H,23,27). The van der Waals surface area contributed by atoms with Crippen molar-refractivity contribution < 1.29 is 32.3 Å². The molecule has 9 heteroatoms. The molecule has 1 saturated heterocycles. The smallest absolute Gasteiger partial charge is 0.356 e. The number of amides is 2. The molecule has 6 nitrogen and oxygen atoms in total. The highest BCUT2D eigenvalue weighted by Crippen LogP contribution is 2.23. The van der Waals surface area contributed by atoms with Gasteiger partial charge in [0.2, 0.25) is 17.6 Å². The average molecular weight is 392 g/mol. The Morgan fingerprint density at radius 2 is 1.74 bits per heavy atom. The molecule has 154 valence electrons. The molecule has 0 bridgehead atoms. The molecule has 2 N–H and O–H groups in total. The van der Waals surface area contributed by atoms with Gasteiger partial charge in [0.05, 0.1) is 6.04 Å². The predicted molar refractivity (Wildman–Crippen MR) is 91.7 cm³/mol. The van der Waals surface area contributed by atoms with Crippen LogP contribution in [-0.4, -0.2) is 42.1 Å². The number of carbonyl (C=O) groups excluding carboxylic acids is 4. The molecule has 1 rings (SSSR count). The zero-order chi connectivity index (χ0) is 20.4. The summed E-state index contributed by atoms with van der Waals surface area (Å²) in [7, 11) is 0. The van der Waals surface area contributed by atoms with Crippen molar-refractivity contribution in [3.8, 4) is 0 Å². The number of alkyl halides is 3. The SMILES string of the molecule is CC(=O)NCCCCC1NC(=O)C(CCCCCC(=O)C(F)(F)F)CC1=O. The second kappa shape index (κ2) is 11.0. The van der Waals surface area contributed by atoms with Crippen LogP contribution < -0.4 is 10.6 Å². The Morgan fingerprint density at radius 3 is 2.37 bits per heavy atom. The van der Waals surface area contributed by atoms with E-state index in [4.69, 9.17) is 0 Å². The highest BCUT2D eigenvalue weighted by Gasteiger charge is 2.37. The second-order valence-electron chi connectivity index (χ2n) is 6.93. The molecular weight excluding hydrogens is 365 g/mol. The lowest BCUT2D eigenvalue weighted by Gasteiger charge is -2.28. The third kappa shape index (κ3) is 9.01. The molecule has 2 unspecified atom stereocenters. The van der Waals surface area contributed by atoms with E-state index in [2.05, 4.69) is 10.6 Å². The second-order valence-corrected chi connectivity index (χ2v) is 6.93. The van der Waals surface area contributed by atoms with Crippen molar-refractivity contribution in [1.82, 2.24) is 10.6 Å². The topological polar surface area (TPSA) is 92.3 Å². The summed E-state index contributed by atoms with van der Waals surface area (Å²) in [5, 5.41) is 5.38. The Balaban J connectivity index is 2.21. The van der Waals surface area contributed by atoms with Crippen LogP contribution >= 0.6 is 0 Å². The van der Waals surface area contributed by atoms with Gasteiger partial charge in [-0.05, 0) is 32.1 Å². The van der Waals surface area contributed by atoms with E-state index in [1.54, 1.807) is 0 Å². The molecule has 2 amide bonds. The van der Waals surface area contributed by atoms with Gasteiger partial charge in [0.1, 0.15) is 0 Å². The zero-order valence-corrected chi connectivity index (χ0v) is 15.5. The molecular formula is C18H27F3N2O4. The molecule has 1 fully saturated rings. The number of hydrogen-bond acceptors (Lipinski definition) is 4. The molecule has 2 atom stereocenters. The molecule has 1 aliphatic heterocycles. The highest BCUT2D eigenvalue weighted by molar-refractivity contribution is 5.96. The van der Waals surface area contributed by atoms with Gasteiger partial charge in [0.15, 0.2) is 5.78 Å². The van der Waals surface area contributed by atoms with Gasteiger partial charge in [-0.3, -0.25) is 19.2 Å². The largest absolute Gasteiger partial charge is 0.449 e. The van der Waals surface area contributed by atoms with Crippen LogP contribution in [0.5, 0.6) is 0 Å². The maximum atomic E-state index is 12.2. The first-order chi connectivity index (χ1) is 12.6. The van der Waals surface area contributed by atoms with Crippen LogP contribution in [0.15, 0.2) is 0 Å². The summed E-state index contributed by atoms with van der Waals surface area (Å²) < 4.78 is 36.3. The number of unbranched alkanes of at least 4 members (excludes halogenated alkanes) is 3. The lowest BCUT2D eigenvalue weighted by Crippen LogP contribution is -2.49. The Bertz CT molecular complexity index is 549. The molecule has 0 radical (unpaired) electrons. The lowest BCUT2D eigenvalue weighted by atomic mass is 9.87. The number of rotatable bonds is 11. The van der Waals surface area contributed by atoms with Gasteiger partial charge in [-0.15, -0.1) is 0 Å². The third-order valence-corrected chi connectivity index (χ3v) is 4.59. The van der Waals surface area contributed by atoms with E-state index < -0.39 is 30.3 Å². The van der Waals surface area contributed by atoms with E-state index in [0.29, 0.717) is 38.6 Å². The van der Waals surface area contributed by atoms with E-state index >= 15 is 0 Å². The molecule has 0 spiro atoms. The highest BCUT2D eigenvalue weighted by atomic mass is 19.4. The molecule has 0 aromatic heterocycles. The van der Waals surface area contributed by atoms with Gasteiger partial charge >= 0.3 is 6.18 Å². The summed E-state index contributed by atoms with van der Waals surface area (Å²) in [6.45, 7) is 1.96. The molecule has 0 aliphatic carbocycles. The van der Waals surface area contributed by atoms with Gasteiger partial charge < -0.3 is 10.6 Å². The van der Waals surface area contributed by atoms with Crippen molar-refractivity contribution >= 4 is 23.4 Å². The van der Waals surface area contributed by atoms with E-state index in [-0.39, 0.29) is 30.4 Å². The minimum absolute atomic E-state index is 0.0358. The fraction of sp³-hybridized carbons (Fsp3) is 0.778. The summed E-state index contributed by atoms with van der Waals surface area (Å²) in [6, 6.07) is -0.504. The Labute approximate surface area is 156 Å². The number of ketones is 2. The molecule has 0 saturated carbocycles. The minimum Gasteiger partial charge on any atom is -0.356 e. The van der Waals surface area contributed by atoms with E-state index in [0.717, 1.165) is 6.42 Å². The van der Waals surface area contributed by atoms with Crippen LogP contribution in [0.1, 0.15) is 64.7 Å². The van der Waals surface area contributed by atoms with Gasteiger partial charge in [-0.2, -0.15) is 13.2 Å². The average Bonchev–Trinajstić information content (AvgIpc) is 2.56. The van der Waals surface area contributed by atoms with Gasteiger partial charge in [-0.25, -0.2) is 0 Å². The van der Waals surface area contributed by atoms with Crippen molar-refractivity contribution in [3.63, 3.8) is 0 Å². The fourth-order valence-electron chi connectivity index (χ4n) is 3.05. The first-order valence-electron chi connectivity index (χ1n) is 9.28. The van der Waals surface area contributed by atoms with Crippen LogP contribution in [0, 0.1) is 5.92 Å². The van der Waals surface area contributed by atoms with E-state index in [9.17, 15) is 32.3 Å². The van der Waals surface area contributed by atoms with Crippen molar-refractivity contribution in [2.45, 2.75) is 76.9 Å². The molecule has 0 aromatic rings. The Morgan fingerprint density at radius 1 is 1.07 bits per heavy atom. The van der Waals surface area contributed by atoms with Crippen molar-refractivity contribution in [2.75, 3.05) is 6.54 Å². The number of nitrogens with one attached hydrogen (secondary N) is 2. The summed E-state index contributed by atoms with van der Waals surface area (Å²) in [4.78, 5) is 45.8. The summed E-state index contributed by atoms with van der Waals surface area (Å²) in [6.07, 6.45) is -1.78. The molecule has 27 heavy (non-hydrogen) atoms. The quantitative estimate of drug-likeness (QED) is 0.528. The van der Waals surface area contributed by atoms with Crippen LogP contribution in [0.25, 0.3) is 0 Å². The van der Waals surface area contributed by atoms with Crippen molar-refractivity contribution in [3.05, 3.63) is 0 Å². The van der Waals surface area contributed by atoms with Gasteiger partial charge in [-0.1, -0.05) is 12.8 Å². The minimum atomic E-state index is -4.78. The first-order valence-corrected chi connectivity index (χ1v) is 9.28. The van der Waals surface area contributed by atoms with Crippen LogP contribution in [-0.2, 0) is 19.2 Å². The molecule has 0 aromatic carbocycles. The first kappa shape index (κ1) is 23.1. The summed E-state index contributed by atoms with van der Waals surface area (Å²) in [5.41, 5.74) is 0. The van der Waals surface area contributed by atoms with Crippen LogP contribution in [0.2, 0.25) is 0 Å². The van der Waals surface area contributed by atoms with Gasteiger partial charge in [0, 0.05) is 32.2 Å². The summed E-state index contributed by atoms with van der Waals surface area (Å²) in [5.74, 6) is -2.53. The normalized spacial score (nSPS) is 20.3.